The summed E-state index contributed by atoms with van der Waals surface area (Å²) in [6.07, 6.45) is -8.32. The monoisotopic (exact) mass is 1150 g/mol. The second kappa shape index (κ2) is 32.1. The third-order valence-electron chi connectivity index (χ3n) is 12.3. The average Bonchev–Trinajstić information content (AvgIpc) is 3.65. The number of anilines is 4. The molecule has 5 aromatic rings. The first-order chi connectivity index (χ1) is 39.2. The van der Waals surface area contributed by atoms with Crippen molar-refractivity contribution in [1.29, 1.82) is 0 Å². The van der Waals surface area contributed by atoms with Crippen molar-refractivity contribution in [1.82, 2.24) is 20.6 Å². The van der Waals surface area contributed by atoms with Crippen molar-refractivity contribution in [2.75, 3.05) is 34.4 Å². The summed E-state index contributed by atoms with van der Waals surface area (Å²) in [5.74, 6) is -4.38. The molecule has 1 aromatic heterocycles. The Morgan fingerprint density at radius 1 is 0.500 bits per heavy atom. The molecule has 1 heterocycles. The molecule has 18 nitrogen and oxygen atoms in total. The maximum Gasteiger partial charge on any atom is 0.416 e. The lowest BCUT2D eigenvalue weighted by Gasteiger charge is -2.24. The first-order valence-electron chi connectivity index (χ1n) is 27.0. The van der Waals surface area contributed by atoms with E-state index in [0.29, 0.717) is 75.6 Å². The first kappa shape index (κ1) is 64.4. The summed E-state index contributed by atoms with van der Waals surface area (Å²) in [6, 6.07) is 21.4. The molecule has 0 saturated heterocycles. The van der Waals surface area contributed by atoms with Gasteiger partial charge < -0.3 is 50.8 Å². The molecule has 0 aliphatic carbocycles. The predicted octanol–water partition coefficient (Wildman–Crippen LogP) is 13.0. The molecular weight excluding hydrogens is 1080 g/mol. The zero-order chi connectivity index (χ0) is 59.7. The smallest absolute Gasteiger partial charge is 0.416 e. The number of unbranched alkanes of at least 4 members (excludes halogenated alkanes) is 2. The van der Waals surface area contributed by atoms with E-state index in [1.165, 1.54) is 0 Å². The van der Waals surface area contributed by atoms with Gasteiger partial charge in [-0.25, -0.2) is 19.6 Å². The Bertz CT molecular complexity index is 2730. The summed E-state index contributed by atoms with van der Waals surface area (Å²) in [7, 11) is 0. The number of hydrogen-bond acceptors (Lipinski definition) is 12. The van der Waals surface area contributed by atoms with E-state index in [0.717, 1.165) is 23.5 Å². The third kappa shape index (κ3) is 21.2. The fourth-order valence-electron chi connectivity index (χ4n) is 8.03. The summed E-state index contributed by atoms with van der Waals surface area (Å²) in [6.45, 7) is 7.63. The molecule has 2 atom stereocenters. The van der Waals surface area contributed by atoms with Crippen molar-refractivity contribution in [3.63, 3.8) is 0 Å². The number of alkyl halides is 6. The zero-order valence-electron chi connectivity index (χ0n) is 46.0. The number of amides is 6. The highest BCUT2D eigenvalue weighted by molar-refractivity contribution is 6.09. The van der Waals surface area contributed by atoms with Gasteiger partial charge in [-0.05, 0) is 86.8 Å². The molecular formula is C58H68F6N8O10. The van der Waals surface area contributed by atoms with Gasteiger partial charge >= 0.3 is 24.5 Å². The van der Waals surface area contributed by atoms with Crippen LogP contribution in [0.3, 0.4) is 0 Å². The van der Waals surface area contributed by atoms with E-state index in [4.69, 9.17) is 18.9 Å². The number of halogens is 6. The molecule has 0 aliphatic heterocycles. The van der Waals surface area contributed by atoms with Crippen LogP contribution in [0.25, 0.3) is 0 Å². The summed E-state index contributed by atoms with van der Waals surface area (Å²) in [5, 5.41) is 14.9. The van der Waals surface area contributed by atoms with E-state index in [9.17, 15) is 55.1 Å². The van der Waals surface area contributed by atoms with E-state index in [2.05, 4.69) is 41.9 Å². The van der Waals surface area contributed by atoms with Crippen LogP contribution in [0.15, 0.2) is 97.3 Å². The molecule has 0 bridgehead atoms. The normalized spacial score (nSPS) is 12.0. The zero-order valence-corrected chi connectivity index (χ0v) is 46.0. The molecule has 0 unspecified atom stereocenters. The Morgan fingerprint density at radius 3 is 1.21 bits per heavy atom. The lowest BCUT2D eigenvalue weighted by atomic mass is 10.1. The van der Waals surface area contributed by atoms with Crippen molar-refractivity contribution >= 4 is 58.6 Å². The topological polar surface area (TPSA) is 237 Å². The second-order valence-corrected chi connectivity index (χ2v) is 18.9. The lowest BCUT2D eigenvalue weighted by molar-refractivity contribution is -0.138. The molecule has 0 spiro atoms. The van der Waals surface area contributed by atoms with Gasteiger partial charge in [0.1, 0.15) is 30.9 Å². The molecule has 0 fully saturated rings. The molecule has 4 aromatic carbocycles. The number of aromatic nitrogens is 2. The Kier molecular flexibility index (Phi) is 25.2. The highest BCUT2D eigenvalue weighted by Crippen LogP contribution is 2.44. The highest BCUT2D eigenvalue weighted by Gasteiger charge is 2.36. The number of nitrogens with one attached hydrogen (secondary N) is 6. The van der Waals surface area contributed by atoms with Crippen LogP contribution in [0.2, 0.25) is 0 Å². The molecule has 0 radical (unpaired) electrons. The van der Waals surface area contributed by atoms with Gasteiger partial charge in [-0.2, -0.15) is 26.3 Å². The van der Waals surface area contributed by atoms with Gasteiger partial charge in [-0.15, -0.1) is 0 Å². The standard InChI is InChI=1S/C58H68F6N8O10/c1-5-19-41(7-3)81-51-43(69-49(73)25-15-17-27-65-55(77)79-34-37-21-11-9-12-22-37)29-39(57(59,60)61)31-45(51)71-53(75)47-33-48(68-36-67-47)54(76)72-46-32-40(58(62,63)64)30-44(52(46)82-42(8-4)20-6-2)70-50(74)26-16-18-28-66-56(78)80-35-38-23-13-10-14-24-38/h9-14,21-24,29-33,36,41-42H,5-8,15-20,25-28,34-35H2,1-4H3,(H,65,77)(H,66,78)(H,69,73)(H,70,74)(H,71,75)(H,72,76)/t41-,42-/m0/s1. The van der Waals surface area contributed by atoms with Gasteiger partial charge in [0, 0.05) is 32.0 Å². The Balaban J connectivity index is 1.34. The average molecular weight is 1150 g/mol. The number of benzene rings is 4. The summed E-state index contributed by atoms with van der Waals surface area (Å²) >= 11 is 0. The molecule has 0 saturated carbocycles. The first-order valence-corrected chi connectivity index (χ1v) is 27.0. The van der Waals surface area contributed by atoms with E-state index in [1.807, 2.05) is 26.0 Å². The summed E-state index contributed by atoms with van der Waals surface area (Å²) in [5.41, 5.74) is -4.03. The van der Waals surface area contributed by atoms with Crippen LogP contribution in [0, 0.1) is 0 Å². The molecule has 24 heteroatoms. The van der Waals surface area contributed by atoms with Crippen molar-refractivity contribution in [3.8, 4) is 11.5 Å². The number of carbonyl (C=O) groups excluding carboxylic acids is 6. The Labute approximate surface area is 471 Å². The fourth-order valence-corrected chi connectivity index (χ4v) is 8.03. The minimum Gasteiger partial charge on any atom is -0.486 e. The van der Waals surface area contributed by atoms with Gasteiger partial charge in [-0.3, -0.25) is 19.2 Å². The van der Waals surface area contributed by atoms with Crippen molar-refractivity contribution in [2.45, 2.75) is 143 Å². The van der Waals surface area contributed by atoms with Crippen LogP contribution in [0.5, 0.6) is 11.5 Å². The van der Waals surface area contributed by atoms with Crippen LogP contribution in [0.1, 0.15) is 148 Å². The minimum absolute atomic E-state index is 0.0447. The number of rotatable bonds is 30. The van der Waals surface area contributed by atoms with E-state index in [-0.39, 0.29) is 63.5 Å². The molecule has 6 N–H and O–H groups in total. The number of carbonyl (C=O) groups is 6. The molecule has 442 valence electrons. The fraction of sp³-hybridized carbons (Fsp3) is 0.414. The van der Waals surface area contributed by atoms with Crippen LogP contribution >= 0.6 is 0 Å². The van der Waals surface area contributed by atoms with Crippen LogP contribution in [-0.4, -0.2) is 71.1 Å². The number of hydrogen-bond donors (Lipinski definition) is 6. The number of ether oxygens (including phenoxy) is 4. The molecule has 82 heavy (non-hydrogen) atoms. The van der Waals surface area contributed by atoms with Gasteiger partial charge in [0.2, 0.25) is 11.8 Å². The largest absolute Gasteiger partial charge is 0.486 e. The van der Waals surface area contributed by atoms with E-state index >= 15 is 0 Å². The van der Waals surface area contributed by atoms with Crippen LogP contribution in [-0.2, 0) is 44.6 Å². The predicted molar refractivity (Wildman–Crippen MR) is 294 cm³/mol. The van der Waals surface area contributed by atoms with Crippen LogP contribution in [0.4, 0.5) is 58.7 Å². The molecule has 0 aliphatic rings. The number of nitrogens with zero attached hydrogens (tertiary/aromatic N) is 2. The maximum absolute atomic E-state index is 14.6. The van der Waals surface area contributed by atoms with E-state index < -0.39 is 106 Å². The summed E-state index contributed by atoms with van der Waals surface area (Å²) in [4.78, 5) is 86.9. The number of alkyl carbamates (subject to hydrolysis) is 2. The second-order valence-electron chi connectivity index (χ2n) is 18.9. The third-order valence-corrected chi connectivity index (χ3v) is 12.3. The quantitative estimate of drug-likeness (QED) is 0.0186. The highest BCUT2D eigenvalue weighted by atomic mass is 19.4. The molecule has 5 rings (SSSR count). The Morgan fingerprint density at radius 2 is 0.866 bits per heavy atom. The van der Waals surface area contributed by atoms with Crippen LogP contribution < -0.4 is 41.4 Å². The van der Waals surface area contributed by atoms with E-state index in [1.54, 1.807) is 62.4 Å². The minimum atomic E-state index is -5.01. The Hall–Kier alpha value is -8.44. The maximum atomic E-state index is 14.6. The van der Waals surface area contributed by atoms with Gasteiger partial charge in [-0.1, -0.05) is 101 Å². The SMILES string of the molecule is CCC[C@H](CC)Oc1c(NC(=O)CCCCNC(=O)OCc2ccccc2)cc(C(F)(F)F)cc1NC(=O)c1cc(C(=O)Nc2cc(C(F)(F)F)cc(NC(=O)CCCCNC(=O)OCc3ccccc3)c2O[C@@H](CC)CCC)ncn1. The van der Waals surface area contributed by atoms with Crippen molar-refractivity contribution in [3.05, 3.63) is 131 Å². The van der Waals surface area contributed by atoms with Gasteiger partial charge in [0.25, 0.3) is 11.8 Å². The van der Waals surface area contributed by atoms with Crippen molar-refractivity contribution in [2.24, 2.45) is 0 Å². The van der Waals surface area contributed by atoms with Gasteiger partial charge in [0.15, 0.2) is 11.5 Å². The lowest BCUT2D eigenvalue weighted by Crippen LogP contribution is -2.25. The van der Waals surface area contributed by atoms with Gasteiger partial charge in [0.05, 0.1) is 46.1 Å². The van der Waals surface area contributed by atoms with Crippen molar-refractivity contribution < 1.29 is 74.1 Å². The molecule has 6 amide bonds. The summed E-state index contributed by atoms with van der Waals surface area (Å²) < 4.78 is 110.